The maximum Gasteiger partial charge on any atom is 0.327 e. The summed E-state index contributed by atoms with van der Waals surface area (Å²) < 4.78 is 11.8. The molecule has 1 aliphatic rings. The first-order valence-corrected chi connectivity index (χ1v) is 12.8. The number of rotatable bonds is 10. The van der Waals surface area contributed by atoms with Gasteiger partial charge in [0.25, 0.3) is 5.91 Å². The summed E-state index contributed by atoms with van der Waals surface area (Å²) in [6.07, 6.45) is 8.92. The highest BCUT2D eigenvalue weighted by molar-refractivity contribution is 6.32. The van der Waals surface area contributed by atoms with Crippen LogP contribution in [0.5, 0.6) is 5.75 Å². The highest BCUT2D eigenvalue weighted by Crippen LogP contribution is 2.46. The summed E-state index contributed by atoms with van der Waals surface area (Å²) in [5.41, 5.74) is 0.263. The molecule has 200 valence electrons. The molecule has 39 heavy (non-hydrogen) atoms. The number of amides is 2. The van der Waals surface area contributed by atoms with Crippen molar-refractivity contribution in [3.05, 3.63) is 76.6 Å². The van der Waals surface area contributed by atoms with Crippen LogP contribution in [0.2, 0.25) is 5.02 Å². The molecule has 2 amide bonds. The minimum Gasteiger partial charge on any atom is -0.494 e. The standard InChI is InChI=1S/C29H27ClN4O5/c1-4-15-29(17-22-18-33(32-31-22)19-26(35)39-6-3)25(16-20-7-9-21(30)10-8-20)27(36)34(28(29)37)23-11-13-24(14-12-23)38-5-2/h1,7-14,16,18H,5-6,15,17,19H2,2-3H3/b25-16-/t29-/m1/s1. The largest absolute Gasteiger partial charge is 0.494 e. The Morgan fingerprint density at radius 2 is 1.82 bits per heavy atom. The Morgan fingerprint density at radius 3 is 2.46 bits per heavy atom. The van der Waals surface area contributed by atoms with Crippen molar-refractivity contribution in [2.75, 3.05) is 18.1 Å². The van der Waals surface area contributed by atoms with E-state index in [4.69, 9.17) is 27.5 Å². The van der Waals surface area contributed by atoms with Gasteiger partial charge in [0.2, 0.25) is 5.91 Å². The van der Waals surface area contributed by atoms with Crippen molar-refractivity contribution >= 4 is 41.1 Å². The van der Waals surface area contributed by atoms with Crippen molar-refractivity contribution in [1.29, 1.82) is 0 Å². The first-order valence-electron chi connectivity index (χ1n) is 12.4. The van der Waals surface area contributed by atoms with E-state index in [1.807, 2.05) is 6.92 Å². The highest BCUT2D eigenvalue weighted by Gasteiger charge is 2.56. The van der Waals surface area contributed by atoms with Crippen molar-refractivity contribution < 1.29 is 23.9 Å². The fourth-order valence-electron chi connectivity index (χ4n) is 4.49. The number of benzene rings is 2. The van der Waals surface area contributed by atoms with Gasteiger partial charge in [-0.2, -0.15) is 0 Å². The van der Waals surface area contributed by atoms with Crippen molar-refractivity contribution in [3.8, 4) is 18.1 Å². The summed E-state index contributed by atoms with van der Waals surface area (Å²) in [5.74, 6) is 1.77. The number of ether oxygens (including phenoxy) is 2. The SMILES string of the molecule is C#CC[C@]1(Cc2cn(CC(=O)OCC)nn2)C(=O)N(c2ccc(OCC)cc2)C(=O)/C1=C/c1ccc(Cl)cc1. The Balaban J connectivity index is 1.78. The third kappa shape index (κ3) is 5.86. The average Bonchev–Trinajstić information content (AvgIpc) is 3.42. The summed E-state index contributed by atoms with van der Waals surface area (Å²) in [6, 6.07) is 13.6. The van der Waals surface area contributed by atoms with E-state index < -0.39 is 23.2 Å². The molecule has 1 fully saturated rings. The van der Waals surface area contributed by atoms with E-state index in [9.17, 15) is 14.4 Å². The summed E-state index contributed by atoms with van der Waals surface area (Å²) in [6.45, 7) is 4.16. The molecule has 1 aliphatic heterocycles. The summed E-state index contributed by atoms with van der Waals surface area (Å²) >= 11 is 6.05. The first-order chi connectivity index (χ1) is 18.8. The number of esters is 1. The molecule has 10 heteroatoms. The van der Waals surface area contributed by atoms with Crippen LogP contribution in [0.4, 0.5) is 5.69 Å². The lowest BCUT2D eigenvalue weighted by molar-refractivity contribution is -0.144. The van der Waals surface area contributed by atoms with Gasteiger partial charge in [0.1, 0.15) is 12.3 Å². The lowest BCUT2D eigenvalue weighted by Crippen LogP contribution is -2.37. The van der Waals surface area contributed by atoms with Gasteiger partial charge >= 0.3 is 5.97 Å². The third-order valence-corrected chi connectivity index (χ3v) is 6.47. The number of terminal acetylenes is 1. The molecule has 0 bridgehead atoms. The zero-order valence-corrected chi connectivity index (χ0v) is 22.4. The van der Waals surface area contributed by atoms with E-state index in [2.05, 4.69) is 16.2 Å². The second-order valence-electron chi connectivity index (χ2n) is 8.83. The van der Waals surface area contributed by atoms with Crippen LogP contribution in [0.15, 0.2) is 60.3 Å². The molecule has 4 rings (SSSR count). The van der Waals surface area contributed by atoms with Gasteiger partial charge < -0.3 is 9.47 Å². The highest BCUT2D eigenvalue weighted by atomic mass is 35.5. The minimum absolute atomic E-state index is 0.00243. The summed E-state index contributed by atoms with van der Waals surface area (Å²) in [5, 5.41) is 8.69. The number of imide groups is 1. The van der Waals surface area contributed by atoms with Crippen molar-refractivity contribution in [2.45, 2.75) is 33.2 Å². The number of hydrogen-bond acceptors (Lipinski definition) is 7. The van der Waals surface area contributed by atoms with E-state index in [1.165, 1.54) is 4.68 Å². The molecule has 1 saturated heterocycles. The van der Waals surface area contributed by atoms with Crippen LogP contribution in [0.1, 0.15) is 31.5 Å². The maximum atomic E-state index is 14.2. The molecule has 0 radical (unpaired) electrons. The van der Waals surface area contributed by atoms with Crippen LogP contribution in [0.3, 0.4) is 0 Å². The molecule has 2 heterocycles. The molecule has 0 aliphatic carbocycles. The normalized spacial score (nSPS) is 17.9. The van der Waals surface area contributed by atoms with Gasteiger partial charge in [-0.3, -0.25) is 14.4 Å². The zero-order valence-electron chi connectivity index (χ0n) is 21.6. The molecule has 0 saturated carbocycles. The Kier molecular flexibility index (Phi) is 8.47. The monoisotopic (exact) mass is 546 g/mol. The van der Waals surface area contributed by atoms with Gasteiger partial charge in [0, 0.05) is 29.6 Å². The van der Waals surface area contributed by atoms with E-state index >= 15 is 0 Å². The Morgan fingerprint density at radius 1 is 1.10 bits per heavy atom. The van der Waals surface area contributed by atoms with Crippen molar-refractivity contribution in [2.24, 2.45) is 5.41 Å². The second-order valence-corrected chi connectivity index (χ2v) is 9.27. The number of aromatic nitrogens is 3. The van der Waals surface area contributed by atoms with Gasteiger partial charge in [-0.15, -0.1) is 17.4 Å². The fourth-order valence-corrected chi connectivity index (χ4v) is 4.61. The number of anilines is 1. The number of carbonyl (C=O) groups is 3. The lowest BCUT2D eigenvalue weighted by Gasteiger charge is -2.25. The molecule has 3 aromatic rings. The van der Waals surface area contributed by atoms with E-state index in [0.717, 1.165) is 4.90 Å². The third-order valence-electron chi connectivity index (χ3n) is 6.22. The van der Waals surface area contributed by atoms with Crippen LogP contribution in [-0.2, 0) is 32.1 Å². The summed E-state index contributed by atoms with van der Waals surface area (Å²) in [7, 11) is 0. The van der Waals surface area contributed by atoms with E-state index in [-0.39, 0.29) is 31.6 Å². The van der Waals surface area contributed by atoms with Gasteiger partial charge in [-0.05, 0) is 61.9 Å². The Labute approximate surface area is 231 Å². The molecule has 2 aromatic carbocycles. The number of hydrogen-bond donors (Lipinski definition) is 0. The molecule has 0 unspecified atom stereocenters. The van der Waals surface area contributed by atoms with Gasteiger partial charge in [0.05, 0.1) is 30.0 Å². The van der Waals surface area contributed by atoms with Gasteiger partial charge in [0.15, 0.2) is 0 Å². The maximum absolute atomic E-state index is 14.2. The van der Waals surface area contributed by atoms with Crippen LogP contribution < -0.4 is 9.64 Å². The Hall–Kier alpha value is -4.42. The predicted molar refractivity (Wildman–Crippen MR) is 146 cm³/mol. The van der Waals surface area contributed by atoms with E-state index in [1.54, 1.807) is 67.7 Å². The molecular weight excluding hydrogens is 520 g/mol. The van der Waals surface area contributed by atoms with Crippen LogP contribution in [0, 0.1) is 17.8 Å². The quantitative estimate of drug-likeness (QED) is 0.163. The van der Waals surface area contributed by atoms with Crippen molar-refractivity contribution in [1.82, 2.24) is 15.0 Å². The van der Waals surface area contributed by atoms with Gasteiger partial charge in [-0.25, -0.2) is 9.58 Å². The average molecular weight is 547 g/mol. The van der Waals surface area contributed by atoms with E-state index in [0.29, 0.717) is 34.3 Å². The summed E-state index contributed by atoms with van der Waals surface area (Å²) in [4.78, 5) is 41.1. The molecule has 0 spiro atoms. The molecule has 9 nitrogen and oxygen atoms in total. The smallest absolute Gasteiger partial charge is 0.327 e. The molecule has 1 aromatic heterocycles. The predicted octanol–water partition coefficient (Wildman–Crippen LogP) is 4.10. The Bertz CT molecular complexity index is 1440. The molecule has 0 N–H and O–H groups in total. The topological polar surface area (TPSA) is 104 Å². The van der Waals surface area contributed by atoms with Crippen LogP contribution in [0.25, 0.3) is 6.08 Å². The van der Waals surface area contributed by atoms with Crippen LogP contribution in [-0.4, -0.2) is 46.0 Å². The number of nitrogens with zero attached hydrogens (tertiary/aromatic N) is 4. The second kappa shape index (κ2) is 12.0. The molecular formula is C29H27ClN4O5. The van der Waals surface area contributed by atoms with Crippen LogP contribution >= 0.6 is 11.6 Å². The zero-order chi connectivity index (χ0) is 28.0. The lowest BCUT2D eigenvalue weighted by atomic mass is 9.74. The number of carbonyl (C=O) groups excluding carboxylic acids is 3. The minimum atomic E-state index is -1.42. The fraction of sp³-hybridized carbons (Fsp3) is 0.276. The molecule has 1 atom stereocenters. The van der Waals surface area contributed by atoms with Gasteiger partial charge in [-0.1, -0.05) is 28.9 Å². The first kappa shape index (κ1) is 27.6. The van der Waals surface area contributed by atoms with Crippen molar-refractivity contribution in [3.63, 3.8) is 0 Å². The number of halogens is 1.